The maximum absolute atomic E-state index is 13.6. The summed E-state index contributed by atoms with van der Waals surface area (Å²) in [5.74, 6) is -0.450. The van der Waals surface area contributed by atoms with Crippen LogP contribution in [0.2, 0.25) is 0 Å². The van der Waals surface area contributed by atoms with E-state index in [0.29, 0.717) is 32.5 Å². The second-order valence-corrected chi connectivity index (χ2v) is 8.35. The number of aryl methyl sites for hydroxylation is 2. The molecular weight excluding hydrogens is 381 g/mol. The lowest BCUT2D eigenvalue weighted by atomic mass is 10.2. The van der Waals surface area contributed by atoms with E-state index in [1.165, 1.54) is 34.8 Å². The van der Waals surface area contributed by atoms with Crippen molar-refractivity contribution in [2.45, 2.75) is 20.4 Å². The molecule has 0 bridgehead atoms. The summed E-state index contributed by atoms with van der Waals surface area (Å²) in [6.07, 6.45) is 0. The van der Waals surface area contributed by atoms with Crippen LogP contribution in [0, 0.1) is 19.7 Å². The number of halogens is 1. The van der Waals surface area contributed by atoms with Gasteiger partial charge in [-0.3, -0.25) is 9.69 Å². The van der Waals surface area contributed by atoms with Gasteiger partial charge in [-0.1, -0.05) is 41.7 Å². The topological polar surface area (TPSA) is 46.1 Å². The minimum atomic E-state index is -0.312. The van der Waals surface area contributed by atoms with E-state index >= 15 is 0 Å². The minimum Gasteiger partial charge on any atom is -0.279 e. The van der Waals surface area contributed by atoms with Gasteiger partial charge in [-0.15, -0.1) is 11.3 Å². The molecule has 2 aromatic heterocycles. The Hall–Kier alpha value is -2.64. The van der Waals surface area contributed by atoms with Crippen molar-refractivity contribution in [3.05, 3.63) is 75.5 Å². The number of nitrogens with zero attached hydrogens (tertiary/aromatic N) is 3. The fourth-order valence-electron chi connectivity index (χ4n) is 2.85. The Labute approximate surface area is 163 Å². The fourth-order valence-corrected chi connectivity index (χ4v) is 4.70. The Morgan fingerprint density at radius 2 is 1.85 bits per heavy atom. The van der Waals surface area contributed by atoms with E-state index in [4.69, 9.17) is 0 Å². The maximum Gasteiger partial charge on any atom is 0.272 e. The van der Waals surface area contributed by atoms with Crippen molar-refractivity contribution in [3.8, 4) is 0 Å². The first-order valence-electron chi connectivity index (χ1n) is 8.37. The molecule has 27 heavy (non-hydrogen) atoms. The zero-order valence-electron chi connectivity index (χ0n) is 14.8. The summed E-state index contributed by atoms with van der Waals surface area (Å²) in [5.41, 5.74) is 2.39. The first kappa shape index (κ1) is 17.8. The van der Waals surface area contributed by atoms with E-state index < -0.39 is 0 Å². The van der Waals surface area contributed by atoms with Crippen molar-refractivity contribution < 1.29 is 9.18 Å². The summed E-state index contributed by atoms with van der Waals surface area (Å²) in [5, 5.41) is 1.40. The molecule has 4 rings (SSSR count). The van der Waals surface area contributed by atoms with Gasteiger partial charge in [0.05, 0.1) is 27.5 Å². The van der Waals surface area contributed by atoms with Crippen LogP contribution in [0.15, 0.2) is 48.5 Å². The number of thiazole rings is 2. The van der Waals surface area contributed by atoms with Gasteiger partial charge in [0.25, 0.3) is 5.91 Å². The van der Waals surface area contributed by atoms with Crippen molar-refractivity contribution in [2.75, 3.05) is 4.90 Å². The van der Waals surface area contributed by atoms with E-state index in [9.17, 15) is 9.18 Å². The zero-order chi connectivity index (χ0) is 19.0. The van der Waals surface area contributed by atoms with Gasteiger partial charge >= 0.3 is 0 Å². The van der Waals surface area contributed by atoms with Crippen LogP contribution in [0.3, 0.4) is 0 Å². The van der Waals surface area contributed by atoms with Crippen molar-refractivity contribution in [3.63, 3.8) is 0 Å². The monoisotopic (exact) mass is 397 g/mol. The number of aromatic nitrogens is 2. The van der Waals surface area contributed by atoms with Gasteiger partial charge in [0.15, 0.2) is 5.13 Å². The molecule has 0 aliphatic carbocycles. The lowest BCUT2D eigenvalue weighted by molar-refractivity contribution is 0.0988. The van der Waals surface area contributed by atoms with Crippen LogP contribution >= 0.6 is 22.7 Å². The maximum atomic E-state index is 13.6. The molecule has 0 radical (unpaired) electrons. The Bertz CT molecular complexity index is 1120. The molecule has 7 heteroatoms. The molecular formula is C20H16FN3OS2. The number of carbonyl (C=O) groups excluding carboxylic acids is 1. The summed E-state index contributed by atoms with van der Waals surface area (Å²) in [6, 6.07) is 14.2. The number of fused-ring (bicyclic) bond motifs is 1. The van der Waals surface area contributed by atoms with Crippen LogP contribution in [0.25, 0.3) is 10.2 Å². The molecule has 136 valence electrons. The third-order valence-electron chi connectivity index (χ3n) is 4.10. The van der Waals surface area contributed by atoms with Gasteiger partial charge in [0.2, 0.25) is 0 Å². The van der Waals surface area contributed by atoms with Crippen LogP contribution in [0.4, 0.5) is 9.52 Å². The molecule has 2 aromatic carbocycles. The van der Waals surface area contributed by atoms with Crippen molar-refractivity contribution in [2.24, 2.45) is 0 Å². The number of anilines is 1. The highest BCUT2D eigenvalue weighted by Crippen LogP contribution is 2.32. The third-order valence-corrected chi connectivity index (χ3v) is 6.20. The molecule has 0 spiro atoms. The second kappa shape index (κ2) is 7.17. The van der Waals surface area contributed by atoms with Gasteiger partial charge in [-0.25, -0.2) is 14.4 Å². The lowest BCUT2D eigenvalue weighted by Gasteiger charge is -2.19. The zero-order valence-corrected chi connectivity index (χ0v) is 16.4. The van der Waals surface area contributed by atoms with E-state index in [1.54, 1.807) is 11.0 Å². The largest absolute Gasteiger partial charge is 0.279 e. The smallest absolute Gasteiger partial charge is 0.272 e. The fraction of sp³-hybridized carbons (Fsp3) is 0.150. The third kappa shape index (κ3) is 3.61. The van der Waals surface area contributed by atoms with E-state index in [0.717, 1.165) is 10.6 Å². The van der Waals surface area contributed by atoms with Gasteiger partial charge in [-0.2, -0.15) is 0 Å². The standard InChI is InChI=1S/C20H16FN3OS2/c1-12-18(26-13(2)22-12)19(25)24(11-14-6-4-3-5-7-14)20-23-16-9-8-15(21)10-17(16)27-20/h3-10H,11H2,1-2H3. The molecule has 0 N–H and O–H groups in total. The van der Waals surface area contributed by atoms with Crippen LogP contribution in [0.5, 0.6) is 0 Å². The quantitative estimate of drug-likeness (QED) is 0.466. The van der Waals surface area contributed by atoms with E-state index in [2.05, 4.69) is 9.97 Å². The van der Waals surface area contributed by atoms with Crippen LogP contribution in [0.1, 0.15) is 25.9 Å². The van der Waals surface area contributed by atoms with Crippen LogP contribution in [-0.2, 0) is 6.54 Å². The van der Waals surface area contributed by atoms with E-state index in [-0.39, 0.29) is 11.7 Å². The molecule has 1 amide bonds. The summed E-state index contributed by atoms with van der Waals surface area (Å²) < 4.78 is 14.3. The van der Waals surface area contributed by atoms with Crippen LogP contribution < -0.4 is 4.90 Å². The van der Waals surface area contributed by atoms with Crippen LogP contribution in [-0.4, -0.2) is 15.9 Å². The molecule has 0 unspecified atom stereocenters. The molecule has 0 aliphatic rings. The predicted molar refractivity (Wildman–Crippen MR) is 108 cm³/mol. The summed E-state index contributed by atoms with van der Waals surface area (Å²) >= 11 is 2.69. The first-order chi connectivity index (χ1) is 13.0. The molecule has 0 atom stereocenters. The second-order valence-electron chi connectivity index (χ2n) is 6.13. The number of rotatable bonds is 4. The average Bonchev–Trinajstić information content (AvgIpc) is 3.22. The van der Waals surface area contributed by atoms with Gasteiger partial charge in [0, 0.05) is 0 Å². The highest BCUT2D eigenvalue weighted by atomic mass is 32.1. The van der Waals surface area contributed by atoms with Crippen molar-refractivity contribution in [1.29, 1.82) is 0 Å². The molecule has 0 fully saturated rings. The van der Waals surface area contributed by atoms with Gasteiger partial charge < -0.3 is 0 Å². The lowest BCUT2D eigenvalue weighted by Crippen LogP contribution is -2.30. The van der Waals surface area contributed by atoms with E-state index in [1.807, 2.05) is 44.2 Å². The first-order valence-corrected chi connectivity index (χ1v) is 10.0. The number of hydrogen-bond donors (Lipinski definition) is 0. The SMILES string of the molecule is Cc1nc(C)c(C(=O)N(Cc2ccccc2)c2nc3ccc(F)cc3s2)s1. The number of amides is 1. The van der Waals surface area contributed by atoms with Crippen molar-refractivity contribution in [1.82, 2.24) is 9.97 Å². The number of benzene rings is 2. The normalized spacial score (nSPS) is 11.1. The van der Waals surface area contributed by atoms with Gasteiger partial charge in [-0.05, 0) is 37.6 Å². The van der Waals surface area contributed by atoms with Gasteiger partial charge in [0.1, 0.15) is 10.7 Å². The summed E-state index contributed by atoms with van der Waals surface area (Å²) in [4.78, 5) is 24.5. The molecule has 2 heterocycles. The summed E-state index contributed by atoms with van der Waals surface area (Å²) in [7, 11) is 0. The molecule has 4 nitrogen and oxygen atoms in total. The average molecular weight is 398 g/mol. The molecule has 0 aliphatic heterocycles. The summed E-state index contributed by atoms with van der Waals surface area (Å²) in [6.45, 7) is 4.11. The number of hydrogen-bond acceptors (Lipinski definition) is 5. The Kier molecular flexibility index (Phi) is 4.72. The molecule has 4 aromatic rings. The Morgan fingerprint density at radius 3 is 2.56 bits per heavy atom. The highest BCUT2D eigenvalue weighted by Gasteiger charge is 2.25. The Morgan fingerprint density at radius 1 is 1.07 bits per heavy atom. The number of carbonyl (C=O) groups is 1. The predicted octanol–water partition coefficient (Wildman–Crippen LogP) is 5.36. The van der Waals surface area contributed by atoms with Crippen molar-refractivity contribution >= 4 is 43.9 Å². The highest BCUT2D eigenvalue weighted by molar-refractivity contribution is 7.22. The molecule has 0 saturated carbocycles. The Balaban J connectivity index is 1.79. The minimum absolute atomic E-state index is 0.138. The molecule has 0 saturated heterocycles.